The molecule has 33 heavy (non-hydrogen) atoms. The van der Waals surface area contributed by atoms with Gasteiger partial charge in [-0.3, -0.25) is 10.1 Å². The molecule has 3 aromatic carbocycles. The van der Waals surface area contributed by atoms with E-state index >= 15 is 0 Å². The molecule has 2 N–H and O–H groups in total. The number of amides is 1. The Kier molecular flexibility index (Phi) is 5.71. The molecule has 0 aliphatic rings. The number of carbonyl (C=O) groups excluding carboxylic acids is 1. The van der Waals surface area contributed by atoms with Gasteiger partial charge in [-0.05, 0) is 67.2 Å². The summed E-state index contributed by atoms with van der Waals surface area (Å²) in [5.41, 5.74) is 5.15. The standard InChI is InChI=1S/C22H13Cl2N5O2S2/c1-10-13(21-25-18-9-12(23)8-14(24)19(18)31-21)3-2-4-15(10)26-22(32)27-20(30)11-5-6-16-17(7-11)29-33-28-16/h2-9H,1H3,(H2,26,27,30,32). The maximum absolute atomic E-state index is 12.6. The number of thiocarbonyl (C=S) groups is 1. The largest absolute Gasteiger partial charge is 0.434 e. The van der Waals surface area contributed by atoms with E-state index in [2.05, 4.69) is 24.4 Å². The molecule has 11 heteroatoms. The number of fused-ring (bicyclic) bond motifs is 2. The minimum absolute atomic E-state index is 0.157. The molecule has 0 fully saturated rings. The van der Waals surface area contributed by atoms with Crippen molar-refractivity contribution in [3.8, 4) is 11.5 Å². The van der Waals surface area contributed by atoms with E-state index in [1.807, 2.05) is 25.1 Å². The van der Waals surface area contributed by atoms with Gasteiger partial charge in [-0.15, -0.1) is 0 Å². The van der Waals surface area contributed by atoms with Crippen molar-refractivity contribution < 1.29 is 9.21 Å². The topological polar surface area (TPSA) is 92.9 Å². The summed E-state index contributed by atoms with van der Waals surface area (Å²) in [6.45, 7) is 1.90. The highest BCUT2D eigenvalue weighted by Gasteiger charge is 2.16. The Morgan fingerprint density at radius 1 is 1.06 bits per heavy atom. The minimum atomic E-state index is -0.346. The highest BCUT2D eigenvalue weighted by atomic mass is 35.5. The molecule has 1 amide bonds. The zero-order chi connectivity index (χ0) is 23.1. The van der Waals surface area contributed by atoms with Gasteiger partial charge in [-0.25, -0.2) is 4.98 Å². The van der Waals surface area contributed by atoms with Gasteiger partial charge in [0.2, 0.25) is 5.89 Å². The summed E-state index contributed by atoms with van der Waals surface area (Å²) in [7, 11) is 0. The number of oxazole rings is 1. The van der Waals surface area contributed by atoms with Crippen molar-refractivity contribution >= 4 is 86.0 Å². The van der Waals surface area contributed by atoms with Crippen molar-refractivity contribution in [1.29, 1.82) is 0 Å². The fourth-order valence-electron chi connectivity index (χ4n) is 3.33. The first-order valence-electron chi connectivity index (χ1n) is 9.59. The van der Waals surface area contributed by atoms with Gasteiger partial charge in [-0.1, -0.05) is 29.3 Å². The van der Waals surface area contributed by atoms with Crippen LogP contribution in [0, 0.1) is 6.92 Å². The van der Waals surface area contributed by atoms with Gasteiger partial charge in [0.05, 0.1) is 16.8 Å². The van der Waals surface area contributed by atoms with Crippen LogP contribution in [0.2, 0.25) is 10.0 Å². The molecule has 2 aromatic heterocycles. The van der Waals surface area contributed by atoms with Gasteiger partial charge in [0.15, 0.2) is 10.7 Å². The molecule has 0 bridgehead atoms. The van der Waals surface area contributed by atoms with Gasteiger partial charge in [0.1, 0.15) is 16.6 Å². The number of carbonyl (C=O) groups is 1. The van der Waals surface area contributed by atoms with Gasteiger partial charge >= 0.3 is 0 Å². The first kappa shape index (κ1) is 21.7. The van der Waals surface area contributed by atoms with Crippen LogP contribution in [0.25, 0.3) is 33.6 Å². The number of benzene rings is 3. The highest BCUT2D eigenvalue weighted by molar-refractivity contribution is 7.80. The number of aromatic nitrogens is 3. The Morgan fingerprint density at radius 3 is 2.73 bits per heavy atom. The molecule has 0 radical (unpaired) electrons. The molecule has 5 aromatic rings. The van der Waals surface area contributed by atoms with Crippen molar-refractivity contribution in [2.24, 2.45) is 0 Å². The fourth-order valence-corrected chi connectivity index (χ4v) is 4.57. The van der Waals surface area contributed by atoms with Crippen LogP contribution < -0.4 is 10.6 Å². The monoisotopic (exact) mass is 513 g/mol. The number of hydrogen-bond donors (Lipinski definition) is 2. The van der Waals surface area contributed by atoms with E-state index < -0.39 is 0 Å². The number of nitrogens with one attached hydrogen (secondary N) is 2. The highest BCUT2D eigenvalue weighted by Crippen LogP contribution is 2.34. The summed E-state index contributed by atoms with van der Waals surface area (Å²) < 4.78 is 14.2. The predicted molar refractivity (Wildman–Crippen MR) is 135 cm³/mol. The van der Waals surface area contributed by atoms with Crippen molar-refractivity contribution in [2.75, 3.05) is 5.32 Å². The second kappa shape index (κ2) is 8.68. The zero-order valence-electron chi connectivity index (χ0n) is 16.8. The Balaban J connectivity index is 1.37. The molecule has 7 nitrogen and oxygen atoms in total. The normalized spacial score (nSPS) is 11.1. The average Bonchev–Trinajstić information content (AvgIpc) is 3.41. The SMILES string of the molecule is Cc1c(NC(=S)NC(=O)c2ccc3nsnc3c2)cccc1-c1nc2cc(Cl)cc(Cl)c2o1. The summed E-state index contributed by atoms with van der Waals surface area (Å²) in [6, 6.07) is 14.0. The molecule has 0 spiro atoms. The quantitative estimate of drug-likeness (QED) is 0.275. The van der Waals surface area contributed by atoms with Crippen molar-refractivity contribution in [3.63, 3.8) is 0 Å². The lowest BCUT2D eigenvalue weighted by atomic mass is 10.1. The summed E-state index contributed by atoms with van der Waals surface area (Å²) in [5, 5.41) is 6.77. The van der Waals surface area contributed by atoms with E-state index in [4.69, 9.17) is 39.8 Å². The third kappa shape index (κ3) is 4.28. The van der Waals surface area contributed by atoms with Gasteiger partial charge in [-0.2, -0.15) is 8.75 Å². The Labute approximate surface area is 207 Å². The predicted octanol–water partition coefficient (Wildman–Crippen LogP) is 6.24. The van der Waals surface area contributed by atoms with E-state index in [1.54, 1.807) is 30.3 Å². The lowest BCUT2D eigenvalue weighted by molar-refractivity contribution is 0.0978. The molecule has 0 atom stereocenters. The van der Waals surface area contributed by atoms with Gasteiger partial charge in [0, 0.05) is 21.8 Å². The first-order valence-corrected chi connectivity index (χ1v) is 11.5. The van der Waals surface area contributed by atoms with Crippen LogP contribution in [0.1, 0.15) is 15.9 Å². The zero-order valence-corrected chi connectivity index (χ0v) is 20.0. The van der Waals surface area contributed by atoms with E-state index in [1.165, 1.54) is 0 Å². The molecule has 2 heterocycles. The maximum atomic E-state index is 12.6. The summed E-state index contributed by atoms with van der Waals surface area (Å²) in [4.78, 5) is 17.1. The van der Waals surface area contributed by atoms with E-state index in [0.29, 0.717) is 43.8 Å². The lowest BCUT2D eigenvalue weighted by Gasteiger charge is -2.13. The average molecular weight is 514 g/mol. The van der Waals surface area contributed by atoms with Crippen LogP contribution in [0.3, 0.4) is 0 Å². The summed E-state index contributed by atoms with van der Waals surface area (Å²) in [6.07, 6.45) is 0. The van der Waals surface area contributed by atoms with Crippen LogP contribution in [0.4, 0.5) is 5.69 Å². The number of rotatable bonds is 3. The first-order chi connectivity index (χ1) is 15.9. The molecule has 0 aliphatic carbocycles. The second-order valence-corrected chi connectivity index (χ2v) is 8.89. The molecule has 164 valence electrons. The van der Waals surface area contributed by atoms with Gasteiger partial charge < -0.3 is 9.73 Å². The molecule has 0 saturated heterocycles. The molecule has 0 unspecified atom stereocenters. The van der Waals surface area contributed by atoms with Crippen LogP contribution in [-0.2, 0) is 0 Å². The lowest BCUT2D eigenvalue weighted by Crippen LogP contribution is -2.34. The van der Waals surface area contributed by atoms with Crippen LogP contribution in [0.5, 0.6) is 0 Å². The Bertz CT molecular complexity index is 1560. The molecule has 0 saturated carbocycles. The minimum Gasteiger partial charge on any atom is -0.434 e. The Morgan fingerprint density at radius 2 is 1.88 bits per heavy atom. The smallest absolute Gasteiger partial charge is 0.257 e. The Hall–Kier alpha value is -3.11. The van der Waals surface area contributed by atoms with Gasteiger partial charge in [0.25, 0.3) is 5.91 Å². The third-order valence-electron chi connectivity index (χ3n) is 4.96. The summed E-state index contributed by atoms with van der Waals surface area (Å²) >= 11 is 18.8. The number of halogens is 2. The van der Waals surface area contributed by atoms with E-state index in [9.17, 15) is 4.79 Å². The fraction of sp³-hybridized carbons (Fsp3) is 0.0455. The van der Waals surface area contributed by atoms with Crippen LogP contribution in [-0.4, -0.2) is 24.8 Å². The molecule has 5 rings (SSSR count). The number of nitrogens with zero attached hydrogens (tertiary/aromatic N) is 3. The van der Waals surface area contributed by atoms with Crippen LogP contribution >= 0.6 is 47.1 Å². The molecule has 0 aliphatic heterocycles. The van der Waals surface area contributed by atoms with E-state index in [-0.39, 0.29) is 11.0 Å². The van der Waals surface area contributed by atoms with Crippen LogP contribution in [0.15, 0.2) is 52.9 Å². The van der Waals surface area contributed by atoms with Crippen molar-refractivity contribution in [3.05, 3.63) is 69.7 Å². The van der Waals surface area contributed by atoms with E-state index in [0.717, 1.165) is 28.4 Å². The molecular formula is C22H13Cl2N5O2S2. The maximum Gasteiger partial charge on any atom is 0.257 e. The third-order valence-corrected chi connectivity index (χ3v) is 6.22. The molecular weight excluding hydrogens is 501 g/mol. The number of anilines is 1. The second-order valence-electron chi connectivity index (χ2n) is 7.11. The van der Waals surface area contributed by atoms with Crippen molar-refractivity contribution in [2.45, 2.75) is 6.92 Å². The summed E-state index contributed by atoms with van der Waals surface area (Å²) in [5.74, 6) is 0.0529. The van der Waals surface area contributed by atoms with Crippen molar-refractivity contribution in [1.82, 2.24) is 19.0 Å². The number of hydrogen-bond acceptors (Lipinski definition) is 7.